The van der Waals surface area contributed by atoms with Crippen LogP contribution in [0.1, 0.15) is 52.7 Å². The SMILES string of the molecule is C=C(C)C(=O)Oc1ccc(-c2c(F)cc(OC(=O)C(C)(C)C)cc2COCC)cc1COCC. The van der Waals surface area contributed by atoms with Gasteiger partial charge in [0.2, 0.25) is 0 Å². The maximum Gasteiger partial charge on any atom is 0.338 e. The molecule has 2 rings (SSSR count). The van der Waals surface area contributed by atoms with Crippen LogP contribution in [0, 0.1) is 11.2 Å². The maximum atomic E-state index is 15.4. The maximum absolute atomic E-state index is 15.4. The first kappa shape index (κ1) is 27.2. The number of benzene rings is 2. The van der Waals surface area contributed by atoms with Gasteiger partial charge in [0, 0.05) is 36.0 Å². The molecule has 0 unspecified atom stereocenters. The van der Waals surface area contributed by atoms with Crippen LogP contribution in [0.3, 0.4) is 0 Å². The molecule has 0 fully saturated rings. The van der Waals surface area contributed by atoms with Gasteiger partial charge < -0.3 is 18.9 Å². The highest BCUT2D eigenvalue weighted by atomic mass is 19.1. The van der Waals surface area contributed by atoms with Crippen molar-refractivity contribution in [2.24, 2.45) is 5.41 Å². The summed E-state index contributed by atoms with van der Waals surface area (Å²) < 4.78 is 37.3. The molecule has 34 heavy (non-hydrogen) atoms. The topological polar surface area (TPSA) is 71.1 Å². The second-order valence-corrected chi connectivity index (χ2v) is 8.85. The van der Waals surface area contributed by atoms with Gasteiger partial charge in [-0.1, -0.05) is 12.6 Å². The molecule has 7 heteroatoms. The van der Waals surface area contributed by atoms with Gasteiger partial charge in [-0.2, -0.15) is 0 Å². The Hall–Kier alpha value is -3.03. The van der Waals surface area contributed by atoms with E-state index in [2.05, 4.69) is 6.58 Å². The quantitative estimate of drug-likeness (QED) is 0.240. The standard InChI is InChI=1S/C27H33FO6/c1-8-31-15-19-12-18(10-11-23(19)34-25(29)17(3)4)24-20(16-32-9-2)13-21(14-22(24)28)33-26(30)27(5,6)7/h10-14H,3,8-9,15-16H2,1-2,4-7H3. The fourth-order valence-electron chi connectivity index (χ4n) is 2.95. The number of ether oxygens (including phenoxy) is 4. The number of hydrogen-bond acceptors (Lipinski definition) is 6. The summed E-state index contributed by atoms with van der Waals surface area (Å²) in [5.41, 5.74) is 1.48. The van der Waals surface area contributed by atoms with Gasteiger partial charge in [-0.3, -0.25) is 4.79 Å². The molecule has 0 bridgehead atoms. The van der Waals surface area contributed by atoms with Crippen molar-refractivity contribution in [2.75, 3.05) is 13.2 Å². The molecule has 184 valence electrons. The van der Waals surface area contributed by atoms with Crippen molar-refractivity contribution < 1.29 is 32.9 Å². The lowest BCUT2D eigenvalue weighted by Gasteiger charge is -2.19. The summed E-state index contributed by atoms with van der Waals surface area (Å²) in [5, 5.41) is 0. The molecule has 0 aliphatic rings. The molecular formula is C27H33FO6. The van der Waals surface area contributed by atoms with E-state index in [0.29, 0.717) is 41.2 Å². The molecule has 0 atom stereocenters. The summed E-state index contributed by atoms with van der Waals surface area (Å²) in [6, 6.07) is 7.76. The first-order chi connectivity index (χ1) is 16.0. The van der Waals surface area contributed by atoms with E-state index < -0.39 is 23.2 Å². The zero-order valence-corrected chi connectivity index (χ0v) is 20.7. The fourth-order valence-corrected chi connectivity index (χ4v) is 2.95. The van der Waals surface area contributed by atoms with E-state index in [4.69, 9.17) is 18.9 Å². The number of carbonyl (C=O) groups excluding carboxylic acids is 2. The minimum atomic E-state index is -0.736. The third-order valence-corrected chi connectivity index (χ3v) is 4.79. The molecule has 6 nitrogen and oxygen atoms in total. The molecule has 0 amide bonds. The van der Waals surface area contributed by atoms with Gasteiger partial charge >= 0.3 is 11.9 Å². The van der Waals surface area contributed by atoms with Crippen molar-refractivity contribution in [1.29, 1.82) is 0 Å². The molecule has 0 heterocycles. The van der Waals surface area contributed by atoms with Crippen molar-refractivity contribution in [1.82, 2.24) is 0 Å². The number of rotatable bonds is 10. The normalized spacial score (nSPS) is 11.3. The Kier molecular flexibility index (Phi) is 9.53. The summed E-state index contributed by atoms with van der Waals surface area (Å²) in [6.45, 7) is 15.2. The van der Waals surface area contributed by atoms with E-state index in [-0.39, 0.29) is 24.5 Å². The van der Waals surface area contributed by atoms with E-state index >= 15 is 4.39 Å². The summed E-state index contributed by atoms with van der Waals surface area (Å²) in [7, 11) is 0. The lowest BCUT2D eigenvalue weighted by Crippen LogP contribution is -2.25. The molecule has 0 saturated carbocycles. The zero-order valence-electron chi connectivity index (χ0n) is 20.7. The van der Waals surface area contributed by atoms with Crippen LogP contribution in [-0.2, 0) is 32.3 Å². The Morgan fingerprint density at radius 1 is 0.941 bits per heavy atom. The highest BCUT2D eigenvalue weighted by Crippen LogP contribution is 2.35. The van der Waals surface area contributed by atoms with Gasteiger partial charge in [0.25, 0.3) is 0 Å². The highest BCUT2D eigenvalue weighted by Gasteiger charge is 2.25. The van der Waals surface area contributed by atoms with Crippen molar-refractivity contribution in [3.05, 3.63) is 59.4 Å². The third-order valence-electron chi connectivity index (χ3n) is 4.79. The van der Waals surface area contributed by atoms with Crippen molar-refractivity contribution >= 4 is 11.9 Å². The van der Waals surface area contributed by atoms with Crippen LogP contribution in [0.2, 0.25) is 0 Å². The molecule has 0 saturated heterocycles. The largest absolute Gasteiger partial charge is 0.426 e. The summed E-state index contributed by atoms with van der Waals surface area (Å²) in [5.74, 6) is -1.17. The summed E-state index contributed by atoms with van der Waals surface area (Å²) in [6.07, 6.45) is 0. The second-order valence-electron chi connectivity index (χ2n) is 8.85. The van der Waals surface area contributed by atoms with Gasteiger partial charge in [-0.25, -0.2) is 9.18 Å². The summed E-state index contributed by atoms with van der Waals surface area (Å²) >= 11 is 0. The second kappa shape index (κ2) is 11.9. The Balaban J connectivity index is 2.55. The zero-order chi connectivity index (χ0) is 25.5. The van der Waals surface area contributed by atoms with Crippen LogP contribution in [0.15, 0.2) is 42.5 Å². The Labute approximate surface area is 200 Å². The first-order valence-corrected chi connectivity index (χ1v) is 11.2. The van der Waals surface area contributed by atoms with Crippen LogP contribution in [0.25, 0.3) is 11.1 Å². The van der Waals surface area contributed by atoms with E-state index in [1.54, 1.807) is 52.0 Å². The smallest absolute Gasteiger partial charge is 0.338 e. The van der Waals surface area contributed by atoms with Crippen LogP contribution < -0.4 is 9.47 Å². The lowest BCUT2D eigenvalue weighted by atomic mass is 9.96. The first-order valence-electron chi connectivity index (χ1n) is 11.2. The Morgan fingerprint density at radius 3 is 2.12 bits per heavy atom. The molecule has 0 aliphatic carbocycles. The van der Waals surface area contributed by atoms with Crippen LogP contribution in [0.5, 0.6) is 11.5 Å². The highest BCUT2D eigenvalue weighted by molar-refractivity contribution is 5.89. The average Bonchev–Trinajstić information content (AvgIpc) is 2.76. The Morgan fingerprint density at radius 2 is 1.56 bits per heavy atom. The van der Waals surface area contributed by atoms with Crippen LogP contribution in [-0.4, -0.2) is 25.2 Å². The monoisotopic (exact) mass is 472 g/mol. The predicted octanol–water partition coefficient (Wildman–Crippen LogP) is 6.00. The molecule has 2 aromatic rings. The van der Waals surface area contributed by atoms with Gasteiger partial charge in [-0.15, -0.1) is 0 Å². The van der Waals surface area contributed by atoms with Gasteiger partial charge in [0.1, 0.15) is 17.3 Å². The molecule has 0 N–H and O–H groups in total. The van der Waals surface area contributed by atoms with E-state index in [9.17, 15) is 9.59 Å². The molecular weight excluding hydrogens is 439 g/mol. The van der Waals surface area contributed by atoms with Crippen molar-refractivity contribution in [2.45, 2.75) is 54.8 Å². The molecule has 0 radical (unpaired) electrons. The number of hydrogen-bond donors (Lipinski definition) is 0. The predicted molar refractivity (Wildman–Crippen MR) is 128 cm³/mol. The Bertz CT molecular complexity index is 1050. The van der Waals surface area contributed by atoms with Gasteiger partial charge in [0.05, 0.1) is 18.6 Å². The molecule has 2 aromatic carbocycles. The molecule has 0 spiro atoms. The minimum absolute atomic E-state index is 0.109. The van der Waals surface area contributed by atoms with Crippen LogP contribution >= 0.6 is 0 Å². The molecule has 0 aliphatic heterocycles. The fraction of sp³-hybridized carbons (Fsp3) is 0.407. The average molecular weight is 473 g/mol. The van der Waals surface area contributed by atoms with E-state index in [0.717, 1.165) is 0 Å². The molecule has 0 aromatic heterocycles. The third kappa shape index (κ3) is 7.23. The minimum Gasteiger partial charge on any atom is -0.426 e. The lowest BCUT2D eigenvalue weighted by molar-refractivity contribution is -0.143. The number of halogens is 1. The van der Waals surface area contributed by atoms with Crippen molar-refractivity contribution in [3.63, 3.8) is 0 Å². The van der Waals surface area contributed by atoms with Gasteiger partial charge in [-0.05, 0) is 70.9 Å². The number of esters is 2. The van der Waals surface area contributed by atoms with E-state index in [1.165, 1.54) is 6.07 Å². The van der Waals surface area contributed by atoms with E-state index in [1.807, 2.05) is 13.8 Å². The van der Waals surface area contributed by atoms with Crippen LogP contribution in [0.4, 0.5) is 4.39 Å². The number of carbonyl (C=O) groups is 2. The van der Waals surface area contributed by atoms with Crippen molar-refractivity contribution in [3.8, 4) is 22.6 Å². The summed E-state index contributed by atoms with van der Waals surface area (Å²) in [4.78, 5) is 24.3. The van der Waals surface area contributed by atoms with Gasteiger partial charge in [0.15, 0.2) is 0 Å².